The molecule has 102 valence electrons. The van der Waals surface area contributed by atoms with E-state index in [9.17, 15) is 13.6 Å². The Morgan fingerprint density at radius 1 is 1.53 bits per heavy atom. The number of nitrogens with zero attached hydrogens (tertiary/aromatic N) is 1. The van der Waals surface area contributed by atoms with Gasteiger partial charge >= 0.3 is 5.97 Å². The van der Waals surface area contributed by atoms with Crippen LogP contribution in [-0.4, -0.2) is 12.6 Å². The standard InChI is InChI=1S/C13H14F2N2O2/c1-2-19-11(18)5-9-3-8(6-16)4-10(7-17)12(9)13(14)15/h3-4,13H,2,5-6,16H2,1H3. The van der Waals surface area contributed by atoms with Gasteiger partial charge in [-0.3, -0.25) is 4.79 Å². The van der Waals surface area contributed by atoms with Gasteiger partial charge in [-0.2, -0.15) is 5.26 Å². The fourth-order valence-corrected chi connectivity index (χ4v) is 1.76. The van der Waals surface area contributed by atoms with Crippen molar-refractivity contribution in [3.05, 3.63) is 34.4 Å². The molecule has 0 aliphatic carbocycles. The topological polar surface area (TPSA) is 76.1 Å². The molecule has 19 heavy (non-hydrogen) atoms. The number of hydrogen-bond acceptors (Lipinski definition) is 4. The van der Waals surface area contributed by atoms with Gasteiger partial charge in [0.2, 0.25) is 0 Å². The van der Waals surface area contributed by atoms with E-state index in [2.05, 4.69) is 0 Å². The van der Waals surface area contributed by atoms with Crippen LogP contribution in [-0.2, 0) is 22.5 Å². The van der Waals surface area contributed by atoms with E-state index in [4.69, 9.17) is 15.7 Å². The molecular weight excluding hydrogens is 254 g/mol. The maximum absolute atomic E-state index is 13.0. The average Bonchev–Trinajstić information content (AvgIpc) is 2.37. The predicted octanol–water partition coefficient (Wildman–Crippen LogP) is 2.06. The molecule has 0 aliphatic heterocycles. The Labute approximate surface area is 109 Å². The monoisotopic (exact) mass is 268 g/mol. The number of nitriles is 1. The second-order valence-corrected chi connectivity index (χ2v) is 3.81. The third-order valence-corrected chi connectivity index (χ3v) is 2.54. The van der Waals surface area contributed by atoms with Gasteiger partial charge in [0.05, 0.1) is 24.7 Å². The summed E-state index contributed by atoms with van der Waals surface area (Å²) in [5, 5.41) is 8.91. The molecule has 0 saturated carbocycles. The summed E-state index contributed by atoms with van der Waals surface area (Å²) in [6.07, 6.45) is -3.12. The van der Waals surface area contributed by atoms with Gasteiger partial charge < -0.3 is 10.5 Å². The Bertz CT molecular complexity index is 510. The lowest BCUT2D eigenvalue weighted by Crippen LogP contribution is -2.12. The van der Waals surface area contributed by atoms with E-state index in [1.807, 2.05) is 0 Å². The largest absolute Gasteiger partial charge is 0.466 e. The number of halogens is 2. The molecule has 0 heterocycles. The van der Waals surface area contributed by atoms with Crippen molar-refractivity contribution < 1.29 is 18.3 Å². The molecule has 0 radical (unpaired) electrons. The van der Waals surface area contributed by atoms with Crippen LogP contribution in [0.5, 0.6) is 0 Å². The molecule has 1 aromatic rings. The minimum absolute atomic E-state index is 0.0907. The second-order valence-electron chi connectivity index (χ2n) is 3.81. The van der Waals surface area contributed by atoms with Gasteiger partial charge in [-0.15, -0.1) is 0 Å². The third kappa shape index (κ3) is 3.73. The van der Waals surface area contributed by atoms with Crippen LogP contribution < -0.4 is 5.73 Å². The molecule has 0 spiro atoms. The van der Waals surface area contributed by atoms with E-state index in [0.29, 0.717) is 5.56 Å². The Balaban J connectivity index is 3.26. The van der Waals surface area contributed by atoms with Crippen molar-refractivity contribution in [3.63, 3.8) is 0 Å². The number of benzene rings is 1. The third-order valence-electron chi connectivity index (χ3n) is 2.54. The van der Waals surface area contributed by atoms with Crippen LogP contribution in [0.15, 0.2) is 12.1 Å². The summed E-state index contributed by atoms with van der Waals surface area (Å²) in [6.45, 7) is 1.90. The summed E-state index contributed by atoms with van der Waals surface area (Å²) in [5.41, 5.74) is 5.48. The molecule has 6 heteroatoms. The van der Waals surface area contributed by atoms with E-state index in [-0.39, 0.29) is 30.7 Å². The molecule has 1 rings (SSSR count). The van der Waals surface area contributed by atoms with Crippen molar-refractivity contribution in [2.75, 3.05) is 6.61 Å². The van der Waals surface area contributed by atoms with Crippen molar-refractivity contribution in [2.45, 2.75) is 26.3 Å². The normalized spacial score (nSPS) is 10.3. The van der Waals surface area contributed by atoms with Crippen LogP contribution in [0, 0.1) is 11.3 Å². The lowest BCUT2D eigenvalue weighted by Gasteiger charge is -2.12. The highest BCUT2D eigenvalue weighted by atomic mass is 19.3. The number of carbonyl (C=O) groups excluding carboxylic acids is 1. The summed E-state index contributed by atoms with van der Waals surface area (Å²) in [6, 6.07) is 4.44. The van der Waals surface area contributed by atoms with Gasteiger partial charge in [0, 0.05) is 12.1 Å². The molecule has 0 aromatic heterocycles. The van der Waals surface area contributed by atoms with Crippen molar-refractivity contribution in [1.29, 1.82) is 5.26 Å². The SMILES string of the molecule is CCOC(=O)Cc1cc(CN)cc(C#N)c1C(F)F. The molecule has 4 nitrogen and oxygen atoms in total. The number of nitrogens with two attached hydrogens (primary N) is 1. The van der Waals surface area contributed by atoms with E-state index in [0.717, 1.165) is 0 Å². The van der Waals surface area contributed by atoms with Gasteiger partial charge in [0.15, 0.2) is 0 Å². The number of rotatable bonds is 5. The second kappa shape index (κ2) is 6.81. The van der Waals surface area contributed by atoms with E-state index in [1.54, 1.807) is 13.0 Å². The van der Waals surface area contributed by atoms with E-state index in [1.165, 1.54) is 12.1 Å². The van der Waals surface area contributed by atoms with Crippen LogP contribution in [0.4, 0.5) is 8.78 Å². The van der Waals surface area contributed by atoms with Crippen LogP contribution in [0.3, 0.4) is 0 Å². The molecule has 0 fully saturated rings. The van der Waals surface area contributed by atoms with Crippen LogP contribution in [0.1, 0.15) is 35.6 Å². The zero-order valence-electron chi connectivity index (χ0n) is 10.5. The molecule has 0 amide bonds. The highest BCUT2D eigenvalue weighted by molar-refractivity contribution is 5.73. The zero-order valence-corrected chi connectivity index (χ0v) is 10.5. The highest BCUT2D eigenvalue weighted by Gasteiger charge is 2.21. The maximum Gasteiger partial charge on any atom is 0.310 e. The van der Waals surface area contributed by atoms with Crippen molar-refractivity contribution >= 4 is 5.97 Å². The summed E-state index contributed by atoms with van der Waals surface area (Å²) in [5.74, 6) is -0.609. The molecular formula is C13H14F2N2O2. The van der Waals surface area contributed by atoms with Gasteiger partial charge in [-0.05, 0) is 24.1 Å². The summed E-state index contributed by atoms with van der Waals surface area (Å²) in [4.78, 5) is 11.4. The smallest absolute Gasteiger partial charge is 0.310 e. The summed E-state index contributed by atoms with van der Waals surface area (Å²) in [7, 11) is 0. The minimum atomic E-state index is -2.83. The van der Waals surface area contributed by atoms with Gasteiger partial charge in [0.1, 0.15) is 0 Å². The Kier molecular flexibility index (Phi) is 5.39. The fraction of sp³-hybridized carbons (Fsp3) is 0.385. The van der Waals surface area contributed by atoms with E-state index >= 15 is 0 Å². The molecule has 0 unspecified atom stereocenters. The van der Waals surface area contributed by atoms with E-state index < -0.39 is 18.0 Å². The van der Waals surface area contributed by atoms with Crippen molar-refractivity contribution in [1.82, 2.24) is 0 Å². The molecule has 0 atom stereocenters. The van der Waals surface area contributed by atoms with Gasteiger partial charge in [0.25, 0.3) is 6.43 Å². The van der Waals surface area contributed by atoms with Crippen LogP contribution in [0.2, 0.25) is 0 Å². The first kappa shape index (κ1) is 15.1. The molecule has 1 aromatic carbocycles. The zero-order chi connectivity index (χ0) is 14.4. The number of ether oxygens (including phenoxy) is 1. The first-order valence-electron chi connectivity index (χ1n) is 5.73. The molecule has 0 saturated heterocycles. The Morgan fingerprint density at radius 2 is 2.21 bits per heavy atom. The van der Waals surface area contributed by atoms with Crippen LogP contribution in [0.25, 0.3) is 0 Å². The first-order chi connectivity index (χ1) is 9.03. The fourth-order valence-electron chi connectivity index (χ4n) is 1.76. The summed E-state index contributed by atoms with van der Waals surface area (Å²) < 4.78 is 30.8. The minimum Gasteiger partial charge on any atom is -0.466 e. The van der Waals surface area contributed by atoms with Crippen molar-refractivity contribution in [3.8, 4) is 6.07 Å². The van der Waals surface area contributed by atoms with Gasteiger partial charge in [-0.1, -0.05) is 6.07 Å². The number of carbonyl (C=O) groups is 1. The number of hydrogen-bond donors (Lipinski definition) is 1. The number of esters is 1. The first-order valence-corrected chi connectivity index (χ1v) is 5.73. The Hall–Kier alpha value is -2.00. The number of alkyl halides is 2. The Morgan fingerprint density at radius 3 is 2.68 bits per heavy atom. The highest BCUT2D eigenvalue weighted by Crippen LogP contribution is 2.28. The molecule has 0 aliphatic rings. The van der Waals surface area contributed by atoms with Crippen LogP contribution >= 0.6 is 0 Å². The summed E-state index contributed by atoms with van der Waals surface area (Å²) >= 11 is 0. The van der Waals surface area contributed by atoms with Gasteiger partial charge in [-0.25, -0.2) is 8.78 Å². The average molecular weight is 268 g/mol. The lowest BCUT2D eigenvalue weighted by molar-refractivity contribution is -0.142. The predicted molar refractivity (Wildman–Crippen MR) is 64.3 cm³/mol. The van der Waals surface area contributed by atoms with Crippen molar-refractivity contribution in [2.24, 2.45) is 5.73 Å². The quantitative estimate of drug-likeness (QED) is 0.829. The lowest BCUT2D eigenvalue weighted by atomic mass is 9.96. The molecule has 0 bridgehead atoms. The maximum atomic E-state index is 13.0. The molecule has 2 N–H and O–H groups in total.